The van der Waals surface area contributed by atoms with Crippen molar-refractivity contribution in [2.75, 3.05) is 32.8 Å². The number of halogens is 2. The molecule has 1 unspecified atom stereocenters. The van der Waals surface area contributed by atoms with Crippen molar-refractivity contribution in [2.45, 2.75) is 12.5 Å². The molecule has 8 heteroatoms. The standard InChI is InChI=1S/C21H22Cl2N4O2/c22-16-10-18(23)21-25-17(14-27(21)13-16)11-20(28)24-12-19(15-4-2-1-3-5-15)26-6-8-29-9-7-26/h1-5,10,13-14,19H,6-9,11-12H2,(H,24,28). The largest absolute Gasteiger partial charge is 0.379 e. The van der Waals surface area contributed by atoms with E-state index in [0.717, 1.165) is 13.1 Å². The number of nitrogens with zero attached hydrogens (tertiary/aromatic N) is 3. The second kappa shape index (κ2) is 9.13. The summed E-state index contributed by atoms with van der Waals surface area (Å²) in [5.74, 6) is -0.0789. The molecule has 4 rings (SSSR count). The van der Waals surface area contributed by atoms with Crippen LogP contribution < -0.4 is 5.32 Å². The molecule has 0 saturated carbocycles. The number of amides is 1. The van der Waals surface area contributed by atoms with Crippen molar-refractivity contribution in [1.29, 1.82) is 0 Å². The monoisotopic (exact) mass is 432 g/mol. The number of imidazole rings is 1. The number of rotatable bonds is 6. The molecule has 3 heterocycles. The molecule has 1 fully saturated rings. The zero-order chi connectivity index (χ0) is 20.2. The average Bonchev–Trinajstić information content (AvgIpc) is 3.12. The van der Waals surface area contributed by atoms with E-state index in [1.807, 2.05) is 18.2 Å². The van der Waals surface area contributed by atoms with E-state index in [9.17, 15) is 4.79 Å². The van der Waals surface area contributed by atoms with Crippen molar-refractivity contribution in [3.8, 4) is 0 Å². The average molecular weight is 433 g/mol. The lowest BCUT2D eigenvalue weighted by molar-refractivity contribution is -0.120. The number of carbonyl (C=O) groups excluding carboxylic acids is 1. The first-order valence-corrected chi connectivity index (χ1v) is 10.3. The number of pyridine rings is 1. The highest BCUT2D eigenvalue weighted by molar-refractivity contribution is 6.36. The molecular formula is C21H22Cl2N4O2. The summed E-state index contributed by atoms with van der Waals surface area (Å²) in [5, 5.41) is 4.05. The van der Waals surface area contributed by atoms with Crippen molar-refractivity contribution in [2.24, 2.45) is 0 Å². The van der Waals surface area contributed by atoms with Crippen molar-refractivity contribution in [1.82, 2.24) is 19.6 Å². The Morgan fingerprint density at radius 1 is 1.17 bits per heavy atom. The second-order valence-electron chi connectivity index (χ2n) is 7.03. The number of nitrogens with one attached hydrogen (secondary N) is 1. The fourth-order valence-electron chi connectivity index (χ4n) is 3.62. The highest BCUT2D eigenvalue weighted by Gasteiger charge is 2.23. The Bertz CT molecular complexity index is 987. The Hall–Kier alpha value is -2.12. The van der Waals surface area contributed by atoms with Gasteiger partial charge in [-0.3, -0.25) is 9.69 Å². The van der Waals surface area contributed by atoms with Gasteiger partial charge in [0.1, 0.15) is 0 Å². The van der Waals surface area contributed by atoms with Crippen LogP contribution in [0.1, 0.15) is 17.3 Å². The Kier molecular flexibility index (Phi) is 6.35. The van der Waals surface area contributed by atoms with Crippen LogP contribution >= 0.6 is 23.2 Å². The van der Waals surface area contributed by atoms with E-state index in [1.165, 1.54) is 5.56 Å². The Labute approximate surface area is 179 Å². The summed E-state index contributed by atoms with van der Waals surface area (Å²) in [4.78, 5) is 19.4. The van der Waals surface area contributed by atoms with Crippen LogP contribution in [0.4, 0.5) is 0 Å². The van der Waals surface area contributed by atoms with Crippen molar-refractivity contribution in [3.63, 3.8) is 0 Å². The van der Waals surface area contributed by atoms with Gasteiger partial charge in [-0.25, -0.2) is 4.98 Å². The molecule has 2 aromatic heterocycles. The Morgan fingerprint density at radius 3 is 2.69 bits per heavy atom. The van der Waals surface area contributed by atoms with Gasteiger partial charge in [-0.15, -0.1) is 0 Å². The van der Waals surface area contributed by atoms with E-state index < -0.39 is 0 Å². The summed E-state index contributed by atoms with van der Waals surface area (Å²) in [6.07, 6.45) is 3.69. The smallest absolute Gasteiger partial charge is 0.226 e. The number of fused-ring (bicyclic) bond motifs is 1. The molecule has 0 aliphatic carbocycles. The number of carbonyl (C=O) groups is 1. The number of ether oxygens (including phenoxy) is 1. The van der Waals surface area contributed by atoms with Crippen LogP contribution in [0.15, 0.2) is 48.8 Å². The predicted octanol–water partition coefficient (Wildman–Crippen LogP) is 3.37. The van der Waals surface area contributed by atoms with Crippen LogP contribution in [0, 0.1) is 0 Å². The maximum Gasteiger partial charge on any atom is 0.226 e. The molecule has 3 aromatic rings. The summed E-state index contributed by atoms with van der Waals surface area (Å²) in [5.41, 5.74) is 2.42. The zero-order valence-electron chi connectivity index (χ0n) is 15.9. The van der Waals surface area contributed by atoms with Gasteiger partial charge < -0.3 is 14.5 Å². The van der Waals surface area contributed by atoms with Crippen molar-refractivity contribution in [3.05, 3.63) is 70.1 Å². The van der Waals surface area contributed by atoms with Crippen LogP contribution in [0.25, 0.3) is 5.65 Å². The molecule has 0 spiro atoms. The number of aromatic nitrogens is 2. The van der Waals surface area contributed by atoms with E-state index in [0.29, 0.717) is 41.1 Å². The summed E-state index contributed by atoms with van der Waals surface area (Å²) in [6, 6.07) is 12.0. The molecule has 1 amide bonds. The molecule has 1 aromatic carbocycles. The molecule has 0 bridgehead atoms. The molecule has 1 saturated heterocycles. The third-order valence-corrected chi connectivity index (χ3v) is 5.51. The lowest BCUT2D eigenvalue weighted by Crippen LogP contribution is -2.44. The minimum Gasteiger partial charge on any atom is -0.379 e. The molecule has 1 N–H and O–H groups in total. The van der Waals surface area contributed by atoms with E-state index in [2.05, 4.69) is 27.3 Å². The van der Waals surface area contributed by atoms with Gasteiger partial charge in [-0.2, -0.15) is 0 Å². The number of hydrogen-bond donors (Lipinski definition) is 1. The van der Waals surface area contributed by atoms with Gasteiger partial charge in [0, 0.05) is 32.0 Å². The Balaban J connectivity index is 1.43. The van der Waals surface area contributed by atoms with Gasteiger partial charge >= 0.3 is 0 Å². The normalized spacial score (nSPS) is 16.1. The van der Waals surface area contributed by atoms with Crippen LogP contribution in [-0.4, -0.2) is 53.0 Å². The van der Waals surface area contributed by atoms with Crippen LogP contribution in [-0.2, 0) is 16.0 Å². The third kappa shape index (κ3) is 4.90. The zero-order valence-corrected chi connectivity index (χ0v) is 17.4. The quantitative estimate of drug-likeness (QED) is 0.648. The summed E-state index contributed by atoms with van der Waals surface area (Å²) < 4.78 is 7.22. The SMILES string of the molecule is O=C(Cc1cn2cc(Cl)cc(Cl)c2n1)NCC(c1ccccc1)N1CCOCC1. The minimum atomic E-state index is -0.0789. The summed E-state index contributed by atoms with van der Waals surface area (Å²) in [6.45, 7) is 3.65. The molecule has 1 aliphatic heterocycles. The first kappa shape index (κ1) is 20.2. The molecule has 0 radical (unpaired) electrons. The number of morpholine rings is 1. The van der Waals surface area contributed by atoms with E-state index in [4.69, 9.17) is 27.9 Å². The second-order valence-corrected chi connectivity index (χ2v) is 7.87. The lowest BCUT2D eigenvalue weighted by atomic mass is 10.0. The molecule has 1 atom stereocenters. The molecule has 1 aliphatic rings. The molecule has 152 valence electrons. The van der Waals surface area contributed by atoms with E-state index >= 15 is 0 Å². The predicted molar refractivity (Wildman–Crippen MR) is 114 cm³/mol. The Morgan fingerprint density at radius 2 is 1.93 bits per heavy atom. The van der Waals surface area contributed by atoms with Gasteiger partial charge in [0.25, 0.3) is 0 Å². The maximum atomic E-state index is 12.6. The minimum absolute atomic E-state index is 0.0789. The summed E-state index contributed by atoms with van der Waals surface area (Å²) >= 11 is 12.2. The van der Waals surface area contributed by atoms with Gasteiger partial charge in [-0.05, 0) is 11.6 Å². The van der Waals surface area contributed by atoms with Gasteiger partial charge in [0.05, 0.1) is 41.4 Å². The van der Waals surface area contributed by atoms with E-state index in [-0.39, 0.29) is 18.4 Å². The van der Waals surface area contributed by atoms with Crippen LogP contribution in [0.3, 0.4) is 0 Å². The topological polar surface area (TPSA) is 58.9 Å². The summed E-state index contributed by atoms with van der Waals surface area (Å²) in [7, 11) is 0. The molecular weight excluding hydrogens is 411 g/mol. The van der Waals surface area contributed by atoms with Gasteiger partial charge in [0.2, 0.25) is 5.91 Å². The third-order valence-electron chi connectivity index (χ3n) is 5.03. The van der Waals surface area contributed by atoms with Crippen LogP contribution in [0.2, 0.25) is 10.0 Å². The van der Waals surface area contributed by atoms with Crippen molar-refractivity contribution >= 4 is 34.8 Å². The van der Waals surface area contributed by atoms with Gasteiger partial charge in [-0.1, -0.05) is 53.5 Å². The fourth-order valence-corrected chi connectivity index (χ4v) is 4.15. The lowest BCUT2D eigenvalue weighted by Gasteiger charge is -2.34. The highest BCUT2D eigenvalue weighted by Crippen LogP contribution is 2.23. The van der Waals surface area contributed by atoms with Gasteiger partial charge in [0.15, 0.2) is 5.65 Å². The van der Waals surface area contributed by atoms with Crippen molar-refractivity contribution < 1.29 is 9.53 Å². The highest BCUT2D eigenvalue weighted by atomic mass is 35.5. The first-order valence-electron chi connectivity index (χ1n) is 9.56. The maximum absolute atomic E-state index is 12.6. The molecule has 6 nitrogen and oxygen atoms in total. The first-order chi connectivity index (χ1) is 14.1. The fraction of sp³-hybridized carbons (Fsp3) is 0.333. The molecule has 29 heavy (non-hydrogen) atoms. The van der Waals surface area contributed by atoms with Crippen LogP contribution in [0.5, 0.6) is 0 Å². The number of benzene rings is 1. The van der Waals surface area contributed by atoms with E-state index in [1.54, 1.807) is 22.9 Å². The number of hydrogen-bond acceptors (Lipinski definition) is 4.